The molecule has 0 N–H and O–H groups in total. The number of fused-ring (bicyclic) bond motifs is 10. The smallest absolute Gasteiger partial charge is 0.135 e. The summed E-state index contributed by atoms with van der Waals surface area (Å²) >= 11 is 0. The maximum Gasteiger partial charge on any atom is 0.135 e. The van der Waals surface area contributed by atoms with Crippen LogP contribution < -0.4 is 0 Å². The normalized spacial score (nSPS) is 12.0. The van der Waals surface area contributed by atoms with Gasteiger partial charge >= 0.3 is 0 Å². The third kappa shape index (κ3) is 4.50. The van der Waals surface area contributed by atoms with E-state index in [1.165, 1.54) is 76.6 Å². The van der Waals surface area contributed by atoms with E-state index in [0.29, 0.717) is 0 Å². The number of rotatable bonds is 4. The zero-order valence-corrected chi connectivity index (χ0v) is 29.8. The molecular weight excluding hydrogens is 669 g/mol. The Morgan fingerprint density at radius 3 is 1.51 bits per heavy atom. The molecule has 3 heteroatoms. The van der Waals surface area contributed by atoms with Crippen LogP contribution in [-0.2, 0) is 0 Å². The summed E-state index contributed by atoms with van der Waals surface area (Å²) in [6, 6.07) is 70.4. The number of para-hydroxylation sites is 3. The molecule has 3 nitrogen and oxygen atoms in total. The van der Waals surface area contributed by atoms with Crippen molar-refractivity contribution in [1.29, 1.82) is 0 Å². The van der Waals surface area contributed by atoms with Crippen molar-refractivity contribution in [2.45, 2.75) is 0 Å². The average Bonchev–Trinajstić information content (AvgIpc) is 3.90. The van der Waals surface area contributed by atoms with Gasteiger partial charge in [0.25, 0.3) is 0 Å². The number of hydrogen-bond acceptors (Lipinski definition) is 1. The Bertz CT molecular complexity index is 3480. The maximum atomic E-state index is 6.17. The van der Waals surface area contributed by atoms with Crippen LogP contribution >= 0.6 is 0 Å². The minimum atomic E-state index is 0.905. The quantitative estimate of drug-likeness (QED) is 0.179. The zero-order chi connectivity index (χ0) is 36.0. The maximum absolute atomic E-state index is 6.17. The van der Waals surface area contributed by atoms with E-state index in [0.717, 1.165) is 33.3 Å². The van der Waals surface area contributed by atoms with Crippen molar-refractivity contribution in [2.24, 2.45) is 0 Å². The van der Waals surface area contributed by atoms with Gasteiger partial charge in [0.05, 0.1) is 22.1 Å². The first-order valence-corrected chi connectivity index (χ1v) is 18.8. The highest BCUT2D eigenvalue weighted by Gasteiger charge is 2.17. The summed E-state index contributed by atoms with van der Waals surface area (Å²) in [4.78, 5) is 0. The first kappa shape index (κ1) is 30.1. The second-order valence-corrected chi connectivity index (χ2v) is 14.5. The fourth-order valence-electron chi connectivity index (χ4n) is 8.98. The molecule has 9 aromatic carbocycles. The molecular formula is C52H32N2O. The molecule has 0 unspecified atom stereocenters. The van der Waals surface area contributed by atoms with Gasteiger partial charge in [-0.1, -0.05) is 121 Å². The van der Waals surface area contributed by atoms with Crippen LogP contribution in [0.25, 0.3) is 110 Å². The van der Waals surface area contributed by atoms with Crippen LogP contribution in [0.1, 0.15) is 0 Å². The molecule has 256 valence electrons. The summed E-state index contributed by atoms with van der Waals surface area (Å²) in [6.45, 7) is 0. The SMILES string of the molecule is c1ccc2c(-c3ccc(-n4c5ccccc5c5cc(-c6ccc7c(c6)c6ccccc6n7-c6ccc7oc8ccccc8c7c6)ccc54)cc3)cccc2c1. The largest absolute Gasteiger partial charge is 0.456 e. The Labute approximate surface area is 316 Å². The first-order valence-electron chi connectivity index (χ1n) is 18.8. The number of furan rings is 1. The summed E-state index contributed by atoms with van der Waals surface area (Å²) < 4.78 is 11.0. The fourth-order valence-corrected chi connectivity index (χ4v) is 8.98. The Balaban J connectivity index is 0.983. The highest BCUT2D eigenvalue weighted by atomic mass is 16.3. The Kier molecular flexibility index (Phi) is 6.34. The van der Waals surface area contributed by atoms with Crippen molar-refractivity contribution < 1.29 is 4.42 Å². The van der Waals surface area contributed by atoms with E-state index in [4.69, 9.17) is 4.42 Å². The van der Waals surface area contributed by atoms with Crippen molar-refractivity contribution >= 4 is 76.3 Å². The lowest BCUT2D eigenvalue weighted by atomic mass is 9.98. The second kappa shape index (κ2) is 11.6. The van der Waals surface area contributed by atoms with Gasteiger partial charge in [0.2, 0.25) is 0 Å². The Morgan fingerprint density at radius 1 is 0.291 bits per heavy atom. The van der Waals surface area contributed by atoms with E-state index >= 15 is 0 Å². The van der Waals surface area contributed by atoms with Crippen LogP contribution in [0.2, 0.25) is 0 Å². The predicted octanol–water partition coefficient (Wildman–Crippen LogP) is 14.3. The molecule has 12 rings (SSSR count). The molecule has 0 bridgehead atoms. The molecule has 0 spiro atoms. The second-order valence-electron chi connectivity index (χ2n) is 14.5. The lowest BCUT2D eigenvalue weighted by Crippen LogP contribution is -1.94. The molecule has 0 fully saturated rings. The number of aromatic nitrogens is 2. The number of benzene rings is 9. The fraction of sp³-hybridized carbons (Fsp3) is 0. The summed E-state index contributed by atoms with van der Waals surface area (Å²) in [5.41, 5.74) is 13.7. The molecule has 0 saturated heterocycles. The van der Waals surface area contributed by atoms with Gasteiger partial charge in [0.15, 0.2) is 0 Å². The van der Waals surface area contributed by atoms with E-state index < -0.39 is 0 Å². The highest BCUT2D eigenvalue weighted by Crippen LogP contribution is 2.40. The molecule has 0 aliphatic carbocycles. The topological polar surface area (TPSA) is 23.0 Å². The molecule has 0 saturated carbocycles. The lowest BCUT2D eigenvalue weighted by Gasteiger charge is -2.11. The molecule has 0 atom stereocenters. The molecule has 0 amide bonds. The third-order valence-electron chi connectivity index (χ3n) is 11.5. The molecule has 3 aromatic heterocycles. The van der Waals surface area contributed by atoms with Gasteiger partial charge < -0.3 is 13.6 Å². The third-order valence-corrected chi connectivity index (χ3v) is 11.5. The van der Waals surface area contributed by atoms with Crippen LogP contribution in [-0.4, -0.2) is 9.13 Å². The van der Waals surface area contributed by atoms with Crippen molar-refractivity contribution in [3.8, 4) is 33.6 Å². The zero-order valence-electron chi connectivity index (χ0n) is 29.8. The Hall–Kier alpha value is -7.36. The van der Waals surface area contributed by atoms with Crippen LogP contribution in [0.3, 0.4) is 0 Å². The van der Waals surface area contributed by atoms with E-state index in [9.17, 15) is 0 Å². The summed E-state index contributed by atoms with van der Waals surface area (Å²) in [7, 11) is 0. The summed E-state index contributed by atoms with van der Waals surface area (Å²) in [5, 5.41) is 9.76. The standard InChI is InChI=1S/C52H32N2O/c1-2-12-39-33(10-1)11-9-16-40(39)34-20-24-37(25-21-34)53-47-17-6-3-13-41(47)44-30-35(22-27-49(44)53)36-23-28-50-45(31-36)42-14-4-7-18-48(42)54(50)38-26-29-52-46(32-38)43-15-5-8-19-51(43)55-52/h1-32H. The molecule has 12 aromatic rings. The number of hydrogen-bond donors (Lipinski definition) is 0. The van der Waals surface area contributed by atoms with Gasteiger partial charge in [0, 0.05) is 43.7 Å². The van der Waals surface area contributed by atoms with Gasteiger partial charge in [0.1, 0.15) is 11.2 Å². The minimum Gasteiger partial charge on any atom is -0.456 e. The van der Waals surface area contributed by atoms with Crippen molar-refractivity contribution in [2.75, 3.05) is 0 Å². The van der Waals surface area contributed by atoms with E-state index in [1.54, 1.807) is 0 Å². The van der Waals surface area contributed by atoms with Gasteiger partial charge in [-0.05, 0) is 106 Å². The Morgan fingerprint density at radius 2 is 0.800 bits per heavy atom. The first-order chi connectivity index (χ1) is 27.3. The van der Waals surface area contributed by atoms with Crippen molar-refractivity contribution in [1.82, 2.24) is 9.13 Å². The van der Waals surface area contributed by atoms with Crippen molar-refractivity contribution in [3.63, 3.8) is 0 Å². The van der Waals surface area contributed by atoms with Crippen LogP contribution in [0, 0.1) is 0 Å². The van der Waals surface area contributed by atoms with E-state index in [-0.39, 0.29) is 0 Å². The highest BCUT2D eigenvalue weighted by molar-refractivity contribution is 6.13. The number of nitrogens with zero attached hydrogens (tertiary/aromatic N) is 2. The summed E-state index contributed by atoms with van der Waals surface area (Å²) in [6.07, 6.45) is 0. The lowest BCUT2D eigenvalue weighted by molar-refractivity contribution is 0.669. The molecule has 0 aliphatic heterocycles. The molecule has 0 radical (unpaired) electrons. The van der Waals surface area contributed by atoms with Gasteiger partial charge in [-0.3, -0.25) is 0 Å². The molecule has 55 heavy (non-hydrogen) atoms. The van der Waals surface area contributed by atoms with Gasteiger partial charge in [-0.15, -0.1) is 0 Å². The molecule has 3 heterocycles. The minimum absolute atomic E-state index is 0.905. The van der Waals surface area contributed by atoms with Gasteiger partial charge in [-0.25, -0.2) is 0 Å². The van der Waals surface area contributed by atoms with E-state index in [2.05, 4.69) is 191 Å². The predicted molar refractivity (Wildman–Crippen MR) is 231 cm³/mol. The average molecular weight is 701 g/mol. The van der Waals surface area contributed by atoms with Crippen LogP contribution in [0.5, 0.6) is 0 Å². The van der Waals surface area contributed by atoms with Crippen molar-refractivity contribution in [3.05, 3.63) is 194 Å². The van der Waals surface area contributed by atoms with Crippen LogP contribution in [0.15, 0.2) is 199 Å². The monoisotopic (exact) mass is 700 g/mol. The molecule has 0 aliphatic rings. The van der Waals surface area contributed by atoms with Gasteiger partial charge in [-0.2, -0.15) is 0 Å². The van der Waals surface area contributed by atoms with Crippen LogP contribution in [0.4, 0.5) is 0 Å². The van der Waals surface area contributed by atoms with E-state index in [1.807, 2.05) is 12.1 Å². The summed E-state index contributed by atoms with van der Waals surface area (Å²) in [5.74, 6) is 0.